The highest BCUT2D eigenvalue weighted by Gasteiger charge is 2.42. The molecule has 26 heavy (non-hydrogen) atoms. The molecule has 0 aromatic carbocycles. The molecular formula is C13H11F3N3O5S2+. The molecule has 0 amide bonds. The average Bonchev–Trinajstić information content (AvgIpc) is 3.07. The van der Waals surface area contributed by atoms with Gasteiger partial charge in [-0.05, 0) is 11.5 Å². The fourth-order valence-corrected chi connectivity index (χ4v) is 3.49. The van der Waals surface area contributed by atoms with Gasteiger partial charge < -0.3 is 4.74 Å². The molecule has 0 saturated heterocycles. The minimum atomic E-state index is -5.32. The zero-order valence-corrected chi connectivity index (χ0v) is 14.5. The maximum Gasteiger partial charge on any atom is 0.491 e. The van der Waals surface area contributed by atoms with Gasteiger partial charge >= 0.3 is 18.1 Å². The molecule has 2 rings (SSSR count). The van der Waals surface area contributed by atoms with E-state index in [1.807, 2.05) is 0 Å². The monoisotopic (exact) mass is 410 g/mol. The lowest BCUT2D eigenvalue weighted by Crippen LogP contribution is -2.38. The topological polar surface area (TPSA) is 107 Å². The highest BCUT2D eigenvalue weighted by Crippen LogP contribution is 2.18. The standard InChI is InChI=1S/C13H11F3N3O5S2/c14-13(15,16)12(21)24-10(20)3-6-26(22,23)8-19-4-1-9(2-5-19)11-17-7-18-25-11/h1-2,4-5,7H,3,6,8H2/q+1. The van der Waals surface area contributed by atoms with Gasteiger partial charge in [0, 0.05) is 17.7 Å². The van der Waals surface area contributed by atoms with E-state index in [1.165, 1.54) is 34.8 Å². The Balaban J connectivity index is 1.90. The number of carbonyl (C=O) groups excluding carboxylic acids is 2. The maximum absolute atomic E-state index is 11.9. The van der Waals surface area contributed by atoms with Gasteiger partial charge in [-0.3, -0.25) is 4.79 Å². The number of nitrogens with zero attached hydrogens (tertiary/aromatic N) is 3. The number of ether oxygens (including phenoxy) is 1. The molecule has 0 fully saturated rings. The van der Waals surface area contributed by atoms with Crippen LogP contribution in [0.15, 0.2) is 30.9 Å². The van der Waals surface area contributed by atoms with Gasteiger partial charge in [-0.15, -0.1) is 0 Å². The zero-order valence-electron chi connectivity index (χ0n) is 12.8. The quantitative estimate of drug-likeness (QED) is 0.395. The molecule has 0 radical (unpaired) electrons. The molecule has 0 aliphatic heterocycles. The van der Waals surface area contributed by atoms with E-state index in [2.05, 4.69) is 14.1 Å². The summed E-state index contributed by atoms with van der Waals surface area (Å²) >= 11 is 1.17. The lowest BCUT2D eigenvalue weighted by atomic mass is 10.3. The van der Waals surface area contributed by atoms with Crippen LogP contribution >= 0.6 is 11.5 Å². The first-order valence-electron chi connectivity index (χ1n) is 6.85. The Bertz CT molecular complexity index is 881. The molecule has 0 bridgehead atoms. The van der Waals surface area contributed by atoms with Crippen molar-refractivity contribution in [3.63, 3.8) is 0 Å². The first-order chi connectivity index (χ1) is 12.1. The van der Waals surface area contributed by atoms with Gasteiger partial charge in [0.15, 0.2) is 12.4 Å². The van der Waals surface area contributed by atoms with Crippen molar-refractivity contribution in [1.29, 1.82) is 0 Å². The number of aromatic nitrogens is 3. The summed E-state index contributed by atoms with van der Waals surface area (Å²) in [5.74, 6) is -5.50. The Morgan fingerprint density at radius 2 is 1.88 bits per heavy atom. The third-order valence-corrected chi connectivity index (χ3v) is 5.13. The van der Waals surface area contributed by atoms with Crippen LogP contribution in [0.25, 0.3) is 10.6 Å². The fraction of sp³-hybridized carbons (Fsp3) is 0.308. The summed E-state index contributed by atoms with van der Waals surface area (Å²) in [6.07, 6.45) is -1.86. The molecule has 0 atom stereocenters. The fourth-order valence-electron chi connectivity index (χ4n) is 1.73. The minimum absolute atomic E-state index is 0.496. The summed E-state index contributed by atoms with van der Waals surface area (Å²) in [5, 5.41) is 0.650. The number of rotatable bonds is 6. The first kappa shape index (κ1) is 19.9. The van der Waals surface area contributed by atoms with Gasteiger partial charge in [0.05, 0.1) is 12.2 Å². The second-order valence-corrected chi connectivity index (χ2v) is 7.87. The normalized spacial score (nSPS) is 12.0. The summed E-state index contributed by atoms with van der Waals surface area (Å²) in [7, 11) is -3.82. The van der Waals surface area contributed by atoms with E-state index in [0.717, 1.165) is 5.56 Å². The molecule has 13 heteroatoms. The number of esters is 2. The minimum Gasteiger partial charge on any atom is -0.386 e. The highest BCUT2D eigenvalue weighted by atomic mass is 32.2. The van der Waals surface area contributed by atoms with E-state index in [9.17, 15) is 31.2 Å². The summed E-state index contributed by atoms with van der Waals surface area (Å²) in [6.45, 7) is 0. The van der Waals surface area contributed by atoms with Crippen LogP contribution < -0.4 is 4.57 Å². The van der Waals surface area contributed by atoms with E-state index in [0.29, 0.717) is 5.01 Å². The molecule has 2 aromatic rings. The molecule has 0 N–H and O–H groups in total. The predicted molar refractivity (Wildman–Crippen MR) is 81.1 cm³/mol. The van der Waals surface area contributed by atoms with E-state index < -0.39 is 46.0 Å². The lowest BCUT2D eigenvalue weighted by molar-refractivity contribution is -0.677. The molecule has 0 aliphatic rings. The first-order valence-corrected chi connectivity index (χ1v) is 9.45. The summed E-state index contributed by atoms with van der Waals surface area (Å²) in [6, 6.07) is 3.23. The van der Waals surface area contributed by atoms with Gasteiger partial charge in [0.1, 0.15) is 11.3 Å². The molecule has 2 aromatic heterocycles. The van der Waals surface area contributed by atoms with Crippen molar-refractivity contribution >= 4 is 33.3 Å². The van der Waals surface area contributed by atoms with E-state index in [4.69, 9.17) is 0 Å². The zero-order chi connectivity index (χ0) is 19.4. The summed E-state index contributed by atoms with van der Waals surface area (Å²) in [5.41, 5.74) is 0.732. The molecule has 0 aliphatic carbocycles. The van der Waals surface area contributed by atoms with Crippen molar-refractivity contribution in [2.45, 2.75) is 18.5 Å². The van der Waals surface area contributed by atoms with E-state index in [-0.39, 0.29) is 0 Å². The van der Waals surface area contributed by atoms with Crippen molar-refractivity contribution in [3.05, 3.63) is 30.9 Å². The van der Waals surface area contributed by atoms with Crippen LogP contribution in [-0.4, -0.2) is 41.6 Å². The van der Waals surface area contributed by atoms with Crippen molar-refractivity contribution < 1.29 is 40.5 Å². The molecule has 140 valence electrons. The van der Waals surface area contributed by atoms with Gasteiger partial charge in [0.2, 0.25) is 15.7 Å². The van der Waals surface area contributed by atoms with E-state index >= 15 is 0 Å². The third kappa shape index (κ3) is 5.84. The van der Waals surface area contributed by atoms with Crippen LogP contribution in [-0.2, 0) is 30.0 Å². The van der Waals surface area contributed by atoms with Crippen LogP contribution in [0, 0.1) is 0 Å². The SMILES string of the molecule is O=C(CCS(=O)(=O)C[n+]1ccc(-c2ncns2)cc1)OC(=O)C(F)(F)F. The molecule has 0 saturated carbocycles. The molecule has 0 spiro atoms. The highest BCUT2D eigenvalue weighted by molar-refractivity contribution is 7.90. The average molecular weight is 410 g/mol. The summed E-state index contributed by atoms with van der Waals surface area (Å²) in [4.78, 5) is 25.6. The van der Waals surface area contributed by atoms with Crippen LogP contribution in [0.5, 0.6) is 0 Å². The Hall–Kier alpha value is -2.41. The van der Waals surface area contributed by atoms with Crippen LogP contribution in [0.1, 0.15) is 6.42 Å². The van der Waals surface area contributed by atoms with Crippen LogP contribution in [0.3, 0.4) is 0 Å². The molecular weight excluding hydrogens is 399 g/mol. The maximum atomic E-state index is 11.9. The van der Waals surface area contributed by atoms with Gasteiger partial charge in [-0.1, -0.05) is 0 Å². The van der Waals surface area contributed by atoms with Crippen molar-refractivity contribution in [2.24, 2.45) is 0 Å². The van der Waals surface area contributed by atoms with Crippen molar-refractivity contribution in [2.75, 3.05) is 5.75 Å². The number of carbonyl (C=O) groups is 2. The van der Waals surface area contributed by atoms with E-state index in [1.54, 1.807) is 12.1 Å². The van der Waals surface area contributed by atoms with Crippen molar-refractivity contribution in [3.8, 4) is 10.6 Å². The van der Waals surface area contributed by atoms with Crippen LogP contribution in [0.4, 0.5) is 13.2 Å². The summed E-state index contributed by atoms with van der Waals surface area (Å²) < 4.78 is 68.4. The van der Waals surface area contributed by atoms with Crippen molar-refractivity contribution in [1.82, 2.24) is 9.36 Å². The second kappa shape index (κ2) is 7.86. The smallest absolute Gasteiger partial charge is 0.386 e. The number of hydrogen-bond donors (Lipinski definition) is 0. The largest absolute Gasteiger partial charge is 0.491 e. The number of pyridine rings is 1. The third-order valence-electron chi connectivity index (χ3n) is 2.90. The number of hydrogen-bond acceptors (Lipinski definition) is 8. The Labute approximate surface area is 149 Å². The van der Waals surface area contributed by atoms with Crippen LogP contribution in [0.2, 0.25) is 0 Å². The Morgan fingerprint density at radius 3 is 2.42 bits per heavy atom. The van der Waals surface area contributed by atoms with Gasteiger partial charge in [-0.2, -0.15) is 22.1 Å². The number of halogens is 3. The lowest BCUT2D eigenvalue weighted by Gasteiger charge is -2.05. The molecule has 8 nitrogen and oxygen atoms in total. The van der Waals surface area contributed by atoms with Gasteiger partial charge in [-0.25, -0.2) is 18.2 Å². The number of alkyl halides is 3. The number of sulfone groups is 1. The van der Waals surface area contributed by atoms with Gasteiger partial charge in [0.25, 0.3) is 0 Å². The predicted octanol–water partition coefficient (Wildman–Crippen LogP) is 0.887. The second-order valence-electron chi connectivity index (χ2n) is 4.93. The Morgan fingerprint density at radius 1 is 1.23 bits per heavy atom. The Kier molecular flexibility index (Phi) is 6.02. The molecule has 2 heterocycles. The molecule has 0 unspecified atom stereocenters.